The van der Waals surface area contributed by atoms with Crippen molar-refractivity contribution in [3.05, 3.63) is 35.4 Å². The van der Waals surface area contributed by atoms with E-state index in [4.69, 9.17) is 4.74 Å². The third kappa shape index (κ3) is 2.09. The van der Waals surface area contributed by atoms with Crippen molar-refractivity contribution in [2.24, 2.45) is 0 Å². The van der Waals surface area contributed by atoms with Crippen LogP contribution in [0.5, 0.6) is 0 Å². The number of ether oxygens (including phenoxy) is 1. The lowest BCUT2D eigenvalue weighted by molar-refractivity contribution is -0.115. The maximum absolute atomic E-state index is 11.5. The lowest BCUT2D eigenvalue weighted by atomic mass is 9.65. The van der Waals surface area contributed by atoms with Crippen molar-refractivity contribution in [2.45, 2.75) is 31.6 Å². The third-order valence-corrected chi connectivity index (χ3v) is 3.44. The van der Waals surface area contributed by atoms with Gasteiger partial charge in [-0.05, 0) is 37.5 Å². The summed E-state index contributed by atoms with van der Waals surface area (Å²) in [5.74, 6) is -0.312. The first-order chi connectivity index (χ1) is 8.22. The van der Waals surface area contributed by atoms with E-state index in [0.717, 1.165) is 31.1 Å². The van der Waals surface area contributed by atoms with Gasteiger partial charge in [0.15, 0.2) is 0 Å². The Morgan fingerprint density at radius 1 is 1.35 bits per heavy atom. The molecule has 17 heavy (non-hydrogen) atoms. The highest BCUT2D eigenvalue weighted by Gasteiger charge is 2.38. The van der Waals surface area contributed by atoms with E-state index >= 15 is 0 Å². The van der Waals surface area contributed by atoms with Crippen molar-refractivity contribution in [1.29, 1.82) is 0 Å². The maximum Gasteiger partial charge on any atom is 0.338 e. The number of benzene rings is 1. The van der Waals surface area contributed by atoms with Gasteiger partial charge in [-0.25, -0.2) is 4.79 Å². The molecule has 0 unspecified atom stereocenters. The average molecular weight is 232 g/mol. The van der Waals surface area contributed by atoms with Gasteiger partial charge in [0.1, 0.15) is 6.29 Å². The zero-order valence-electron chi connectivity index (χ0n) is 9.94. The molecule has 2 rings (SSSR count). The fourth-order valence-corrected chi connectivity index (χ4v) is 2.18. The number of rotatable bonds is 4. The monoisotopic (exact) mass is 232 g/mol. The Kier molecular flexibility index (Phi) is 3.27. The molecular formula is C14H16O3. The predicted molar refractivity (Wildman–Crippen MR) is 64.0 cm³/mol. The van der Waals surface area contributed by atoms with Gasteiger partial charge in [-0.1, -0.05) is 18.6 Å². The van der Waals surface area contributed by atoms with Crippen molar-refractivity contribution in [3.8, 4) is 0 Å². The van der Waals surface area contributed by atoms with Crippen LogP contribution >= 0.6 is 0 Å². The van der Waals surface area contributed by atoms with E-state index in [1.807, 2.05) is 12.1 Å². The van der Waals surface area contributed by atoms with Gasteiger partial charge < -0.3 is 9.53 Å². The molecule has 1 fully saturated rings. The second kappa shape index (κ2) is 4.70. The molecule has 1 aliphatic carbocycles. The normalized spacial score (nSPS) is 17.0. The zero-order valence-corrected chi connectivity index (χ0v) is 9.94. The molecule has 3 heteroatoms. The van der Waals surface area contributed by atoms with Crippen LogP contribution in [0, 0.1) is 0 Å². The summed E-state index contributed by atoms with van der Waals surface area (Å²) in [4.78, 5) is 22.6. The highest BCUT2D eigenvalue weighted by atomic mass is 16.5. The molecule has 0 heterocycles. The summed E-state index contributed by atoms with van der Waals surface area (Å²) >= 11 is 0. The third-order valence-electron chi connectivity index (χ3n) is 3.44. The molecule has 0 aliphatic heterocycles. The molecule has 0 bridgehead atoms. The summed E-state index contributed by atoms with van der Waals surface area (Å²) in [6.07, 6.45) is 3.96. The smallest absolute Gasteiger partial charge is 0.338 e. The molecule has 0 radical (unpaired) electrons. The van der Waals surface area contributed by atoms with Crippen LogP contribution in [0.25, 0.3) is 0 Å². The quantitative estimate of drug-likeness (QED) is 0.591. The van der Waals surface area contributed by atoms with Crippen LogP contribution in [0.1, 0.15) is 42.1 Å². The lowest BCUT2D eigenvalue weighted by Gasteiger charge is -2.37. The standard InChI is InChI=1S/C14H16O3/c1-2-17-13(16)11-4-6-12(7-5-11)14(10-15)8-3-9-14/h4-7,10H,2-3,8-9H2,1H3. The zero-order chi connectivity index (χ0) is 12.3. The van der Waals surface area contributed by atoms with Crippen LogP contribution < -0.4 is 0 Å². The predicted octanol–water partition coefficient (Wildman–Crippen LogP) is 2.48. The minimum atomic E-state index is -0.312. The van der Waals surface area contributed by atoms with Gasteiger partial charge in [0, 0.05) is 0 Å². The van der Waals surface area contributed by atoms with Gasteiger partial charge in [-0.3, -0.25) is 0 Å². The minimum absolute atomic E-state index is 0.298. The van der Waals surface area contributed by atoms with Crippen LogP contribution in [-0.4, -0.2) is 18.9 Å². The van der Waals surface area contributed by atoms with Gasteiger partial charge in [0.25, 0.3) is 0 Å². The van der Waals surface area contributed by atoms with Crippen molar-refractivity contribution in [3.63, 3.8) is 0 Å². The van der Waals surface area contributed by atoms with Crippen LogP contribution in [0.15, 0.2) is 24.3 Å². The first kappa shape index (κ1) is 11.8. The van der Waals surface area contributed by atoms with Crippen molar-refractivity contribution < 1.29 is 14.3 Å². The Morgan fingerprint density at radius 2 is 2.00 bits per heavy atom. The van der Waals surface area contributed by atoms with E-state index in [1.165, 1.54) is 0 Å². The van der Waals surface area contributed by atoms with Crippen LogP contribution in [-0.2, 0) is 14.9 Å². The van der Waals surface area contributed by atoms with Gasteiger partial charge in [-0.2, -0.15) is 0 Å². The molecule has 3 nitrogen and oxygen atoms in total. The van der Waals surface area contributed by atoms with Gasteiger partial charge in [0.05, 0.1) is 17.6 Å². The second-order valence-corrected chi connectivity index (χ2v) is 4.43. The first-order valence-corrected chi connectivity index (χ1v) is 5.96. The highest BCUT2D eigenvalue weighted by molar-refractivity contribution is 5.89. The number of aldehydes is 1. The summed E-state index contributed by atoms with van der Waals surface area (Å²) in [6, 6.07) is 7.19. The van der Waals surface area contributed by atoms with Crippen molar-refractivity contribution in [1.82, 2.24) is 0 Å². The second-order valence-electron chi connectivity index (χ2n) is 4.43. The van der Waals surface area contributed by atoms with Crippen LogP contribution in [0.4, 0.5) is 0 Å². The van der Waals surface area contributed by atoms with Crippen LogP contribution in [0.2, 0.25) is 0 Å². The summed E-state index contributed by atoms with van der Waals surface area (Å²) in [6.45, 7) is 2.15. The number of esters is 1. The van der Waals surface area contributed by atoms with Crippen molar-refractivity contribution in [2.75, 3.05) is 6.61 Å². The number of hydrogen-bond acceptors (Lipinski definition) is 3. The Labute approximate surface area is 101 Å². The van der Waals surface area contributed by atoms with Crippen molar-refractivity contribution >= 4 is 12.3 Å². The fourth-order valence-electron chi connectivity index (χ4n) is 2.18. The Hall–Kier alpha value is -1.64. The van der Waals surface area contributed by atoms with Gasteiger partial charge >= 0.3 is 5.97 Å². The number of carbonyl (C=O) groups excluding carboxylic acids is 2. The summed E-state index contributed by atoms with van der Waals surface area (Å²) in [5, 5.41) is 0. The molecule has 0 atom stereocenters. The molecule has 90 valence electrons. The van der Waals surface area contributed by atoms with E-state index in [9.17, 15) is 9.59 Å². The highest BCUT2D eigenvalue weighted by Crippen LogP contribution is 2.41. The Balaban J connectivity index is 2.18. The maximum atomic E-state index is 11.5. The molecule has 1 aliphatic rings. The van der Waals surface area contributed by atoms with E-state index in [-0.39, 0.29) is 11.4 Å². The number of carbonyl (C=O) groups is 2. The van der Waals surface area contributed by atoms with Gasteiger partial charge in [0.2, 0.25) is 0 Å². The topological polar surface area (TPSA) is 43.4 Å². The SMILES string of the molecule is CCOC(=O)c1ccc(C2(C=O)CCC2)cc1. The van der Waals surface area contributed by atoms with E-state index in [0.29, 0.717) is 12.2 Å². The molecule has 0 spiro atoms. The van der Waals surface area contributed by atoms with Crippen LogP contribution in [0.3, 0.4) is 0 Å². The molecule has 1 aromatic carbocycles. The average Bonchev–Trinajstić information content (AvgIpc) is 2.29. The van der Waals surface area contributed by atoms with E-state index in [1.54, 1.807) is 19.1 Å². The largest absolute Gasteiger partial charge is 0.462 e. The minimum Gasteiger partial charge on any atom is -0.462 e. The number of hydrogen-bond donors (Lipinski definition) is 0. The summed E-state index contributed by atoms with van der Waals surface area (Å²) in [5.41, 5.74) is 1.25. The molecule has 1 saturated carbocycles. The molecule has 0 amide bonds. The summed E-state index contributed by atoms with van der Waals surface area (Å²) in [7, 11) is 0. The first-order valence-electron chi connectivity index (χ1n) is 5.96. The van der Waals surface area contributed by atoms with Gasteiger partial charge in [-0.15, -0.1) is 0 Å². The molecule has 1 aromatic rings. The molecule has 0 aromatic heterocycles. The molecule has 0 saturated heterocycles. The molecular weight excluding hydrogens is 216 g/mol. The Morgan fingerprint density at radius 3 is 2.41 bits per heavy atom. The van der Waals surface area contributed by atoms with E-state index in [2.05, 4.69) is 0 Å². The molecule has 0 N–H and O–H groups in total. The fraction of sp³-hybridized carbons (Fsp3) is 0.429. The summed E-state index contributed by atoms with van der Waals surface area (Å²) < 4.78 is 4.91. The Bertz CT molecular complexity index is 416. The van der Waals surface area contributed by atoms with E-state index < -0.39 is 0 Å². The lowest BCUT2D eigenvalue weighted by Crippen LogP contribution is -2.35.